The summed E-state index contributed by atoms with van der Waals surface area (Å²) < 4.78 is 4.74. The molecule has 0 radical (unpaired) electrons. The van der Waals surface area contributed by atoms with Gasteiger partial charge in [0.2, 0.25) is 0 Å². The summed E-state index contributed by atoms with van der Waals surface area (Å²) in [6, 6.07) is 6.29. The first kappa shape index (κ1) is 16.3. The van der Waals surface area contributed by atoms with Crippen LogP contribution in [0.2, 0.25) is 5.02 Å². The normalized spacial score (nSPS) is 13.2. The molecule has 1 aromatic carbocycles. The molecule has 0 aliphatic heterocycles. The van der Waals surface area contributed by atoms with Gasteiger partial charge in [0.25, 0.3) is 0 Å². The topological polar surface area (TPSA) is 67.4 Å². The number of amides is 2. The van der Waals surface area contributed by atoms with Gasteiger partial charge in [-0.1, -0.05) is 31.0 Å². The van der Waals surface area contributed by atoms with Gasteiger partial charge >= 0.3 is 12.0 Å². The number of urea groups is 1. The Hall–Kier alpha value is -1.75. The van der Waals surface area contributed by atoms with E-state index in [1.165, 1.54) is 7.11 Å². The molecular weight excluding hydrogens is 280 g/mol. The fourth-order valence-corrected chi connectivity index (χ4v) is 2.11. The number of benzene rings is 1. The van der Waals surface area contributed by atoms with Crippen LogP contribution >= 0.6 is 11.6 Å². The quantitative estimate of drug-likeness (QED) is 0.820. The Labute approximate surface area is 123 Å². The fourth-order valence-electron chi connectivity index (χ4n) is 1.92. The largest absolute Gasteiger partial charge is 0.467 e. The van der Waals surface area contributed by atoms with Crippen LogP contribution in [0.1, 0.15) is 26.7 Å². The molecule has 1 unspecified atom stereocenters. The molecular formula is C14H19ClN2O3. The summed E-state index contributed by atoms with van der Waals surface area (Å²) in [6.45, 7) is 3.57. The maximum atomic E-state index is 12.0. The van der Waals surface area contributed by atoms with Crippen molar-refractivity contribution in [3.05, 3.63) is 29.3 Å². The first-order valence-electron chi connectivity index (χ1n) is 6.34. The highest BCUT2D eigenvalue weighted by Crippen LogP contribution is 2.17. The number of hydrogen-bond acceptors (Lipinski definition) is 3. The van der Waals surface area contributed by atoms with Gasteiger partial charge in [0.15, 0.2) is 0 Å². The van der Waals surface area contributed by atoms with E-state index in [1.54, 1.807) is 31.2 Å². The van der Waals surface area contributed by atoms with Crippen molar-refractivity contribution in [2.45, 2.75) is 32.2 Å². The molecule has 20 heavy (non-hydrogen) atoms. The molecule has 6 heteroatoms. The third kappa shape index (κ3) is 4.42. The molecule has 0 bridgehead atoms. The molecule has 1 aromatic rings. The molecule has 0 fully saturated rings. The number of halogens is 1. The Morgan fingerprint density at radius 3 is 2.65 bits per heavy atom. The van der Waals surface area contributed by atoms with Gasteiger partial charge in [-0.15, -0.1) is 0 Å². The molecule has 1 rings (SSSR count). The summed E-state index contributed by atoms with van der Waals surface area (Å²) >= 11 is 5.84. The number of rotatable bonds is 5. The van der Waals surface area contributed by atoms with E-state index in [4.69, 9.17) is 16.3 Å². The molecule has 0 aromatic heterocycles. The summed E-state index contributed by atoms with van der Waals surface area (Å²) in [5.41, 5.74) is -0.495. The number of hydrogen-bond donors (Lipinski definition) is 2. The highest BCUT2D eigenvalue weighted by atomic mass is 35.5. The molecule has 0 saturated carbocycles. The van der Waals surface area contributed by atoms with Crippen LogP contribution in [0.15, 0.2) is 24.3 Å². The third-order valence-corrected chi connectivity index (χ3v) is 3.09. The Kier molecular flexibility index (Phi) is 5.82. The summed E-state index contributed by atoms with van der Waals surface area (Å²) in [6.07, 6.45) is 1.23. The lowest BCUT2D eigenvalue weighted by atomic mass is 9.96. The Balaban J connectivity index is 2.74. The lowest BCUT2D eigenvalue weighted by Gasteiger charge is -2.27. The minimum Gasteiger partial charge on any atom is -0.467 e. The van der Waals surface area contributed by atoms with Crippen LogP contribution in [0.25, 0.3) is 0 Å². The van der Waals surface area contributed by atoms with Gasteiger partial charge < -0.3 is 15.4 Å². The smallest absolute Gasteiger partial charge is 0.331 e. The highest BCUT2D eigenvalue weighted by molar-refractivity contribution is 6.30. The van der Waals surface area contributed by atoms with E-state index in [1.807, 2.05) is 6.92 Å². The number of anilines is 1. The summed E-state index contributed by atoms with van der Waals surface area (Å²) in [4.78, 5) is 23.7. The predicted molar refractivity (Wildman–Crippen MR) is 78.9 cm³/mol. The van der Waals surface area contributed by atoms with E-state index < -0.39 is 17.5 Å². The standard InChI is InChI=1S/C14H19ClN2O3/c1-4-8-14(2,12(18)20-3)17-13(19)16-11-7-5-6-10(15)9-11/h5-7,9H,4,8H2,1-3H3,(H2,16,17,19). The zero-order valence-corrected chi connectivity index (χ0v) is 12.6. The number of methoxy groups -OCH3 is 1. The number of carbonyl (C=O) groups is 2. The lowest BCUT2D eigenvalue weighted by Crippen LogP contribution is -2.54. The third-order valence-electron chi connectivity index (χ3n) is 2.86. The van der Waals surface area contributed by atoms with E-state index in [9.17, 15) is 9.59 Å². The van der Waals surface area contributed by atoms with Gasteiger partial charge in [-0.25, -0.2) is 9.59 Å². The fraction of sp³-hybridized carbons (Fsp3) is 0.429. The second-order valence-electron chi connectivity index (χ2n) is 4.66. The van der Waals surface area contributed by atoms with Crippen molar-refractivity contribution in [3.63, 3.8) is 0 Å². The van der Waals surface area contributed by atoms with Gasteiger partial charge in [-0.2, -0.15) is 0 Å². The second-order valence-corrected chi connectivity index (χ2v) is 5.10. The zero-order valence-electron chi connectivity index (χ0n) is 11.8. The zero-order chi connectivity index (χ0) is 15.2. The number of esters is 1. The van der Waals surface area contributed by atoms with Crippen molar-refractivity contribution < 1.29 is 14.3 Å². The van der Waals surface area contributed by atoms with Crippen molar-refractivity contribution in [1.82, 2.24) is 5.32 Å². The Morgan fingerprint density at radius 2 is 2.10 bits per heavy atom. The van der Waals surface area contributed by atoms with Crippen LogP contribution in [0.4, 0.5) is 10.5 Å². The number of ether oxygens (including phenoxy) is 1. The predicted octanol–water partition coefficient (Wildman–Crippen LogP) is 3.19. The molecule has 0 aliphatic rings. The minimum atomic E-state index is -1.05. The van der Waals surface area contributed by atoms with Crippen LogP contribution in [-0.2, 0) is 9.53 Å². The molecule has 2 amide bonds. The minimum absolute atomic E-state index is 0.472. The van der Waals surface area contributed by atoms with Crippen LogP contribution in [0.5, 0.6) is 0 Å². The molecule has 0 heterocycles. The van der Waals surface area contributed by atoms with Gasteiger partial charge in [0.05, 0.1) is 7.11 Å². The SMILES string of the molecule is CCCC(C)(NC(=O)Nc1cccc(Cl)c1)C(=O)OC. The summed E-state index contributed by atoms with van der Waals surface area (Å²) in [5.74, 6) is -0.472. The van der Waals surface area contributed by atoms with Crippen molar-refractivity contribution in [3.8, 4) is 0 Å². The van der Waals surface area contributed by atoms with E-state index in [-0.39, 0.29) is 0 Å². The van der Waals surface area contributed by atoms with Gasteiger partial charge in [0, 0.05) is 10.7 Å². The first-order valence-corrected chi connectivity index (χ1v) is 6.72. The van der Waals surface area contributed by atoms with Crippen molar-refractivity contribution >= 4 is 29.3 Å². The van der Waals surface area contributed by atoms with Crippen molar-refractivity contribution in [2.75, 3.05) is 12.4 Å². The first-order chi connectivity index (χ1) is 9.41. The van der Waals surface area contributed by atoms with E-state index in [0.717, 1.165) is 6.42 Å². The molecule has 1 atom stereocenters. The average molecular weight is 299 g/mol. The highest BCUT2D eigenvalue weighted by Gasteiger charge is 2.35. The second kappa shape index (κ2) is 7.14. The lowest BCUT2D eigenvalue weighted by molar-refractivity contribution is -0.147. The Bertz CT molecular complexity index is 493. The van der Waals surface area contributed by atoms with Gasteiger partial charge in [-0.3, -0.25) is 0 Å². The van der Waals surface area contributed by atoms with Crippen LogP contribution in [-0.4, -0.2) is 24.6 Å². The molecule has 5 nitrogen and oxygen atoms in total. The number of carbonyl (C=O) groups excluding carboxylic acids is 2. The summed E-state index contributed by atoms with van der Waals surface area (Å²) in [5, 5.41) is 5.80. The average Bonchev–Trinajstić information content (AvgIpc) is 2.37. The van der Waals surface area contributed by atoms with Gasteiger partial charge in [-0.05, 0) is 31.5 Å². The van der Waals surface area contributed by atoms with E-state index in [2.05, 4.69) is 10.6 Å². The van der Waals surface area contributed by atoms with E-state index >= 15 is 0 Å². The maximum Gasteiger partial charge on any atom is 0.331 e. The Morgan fingerprint density at radius 1 is 1.40 bits per heavy atom. The molecule has 0 saturated heterocycles. The maximum absolute atomic E-state index is 12.0. The van der Waals surface area contributed by atoms with Crippen LogP contribution in [0.3, 0.4) is 0 Å². The van der Waals surface area contributed by atoms with Gasteiger partial charge in [0.1, 0.15) is 5.54 Å². The van der Waals surface area contributed by atoms with E-state index in [0.29, 0.717) is 17.1 Å². The monoisotopic (exact) mass is 298 g/mol. The van der Waals surface area contributed by atoms with Crippen molar-refractivity contribution in [2.24, 2.45) is 0 Å². The van der Waals surface area contributed by atoms with Crippen LogP contribution in [0, 0.1) is 0 Å². The molecule has 110 valence electrons. The van der Waals surface area contributed by atoms with Crippen molar-refractivity contribution in [1.29, 1.82) is 0 Å². The summed E-state index contributed by atoms with van der Waals surface area (Å²) in [7, 11) is 1.30. The molecule has 0 aliphatic carbocycles. The molecule has 0 spiro atoms. The number of nitrogens with one attached hydrogen (secondary N) is 2. The molecule has 2 N–H and O–H groups in total. The van der Waals surface area contributed by atoms with Crippen LogP contribution < -0.4 is 10.6 Å².